The summed E-state index contributed by atoms with van der Waals surface area (Å²) >= 11 is 0. The number of carbonyl (C=O) groups excluding carboxylic acids is 1. The van der Waals surface area contributed by atoms with Crippen LogP contribution in [-0.2, 0) is 0 Å². The molecule has 0 unspecified atom stereocenters. The maximum absolute atomic E-state index is 12.5. The molecule has 0 bridgehead atoms. The fourth-order valence-corrected chi connectivity index (χ4v) is 3.28. The molecule has 3 aromatic rings. The maximum atomic E-state index is 12.5. The number of carbonyl (C=O) groups is 1. The number of rotatable bonds is 4. The van der Waals surface area contributed by atoms with Gasteiger partial charge in [-0.15, -0.1) is 0 Å². The normalized spacial score (nSPS) is 12.0. The lowest BCUT2D eigenvalue weighted by Crippen LogP contribution is -2.33. The first-order valence-electron chi connectivity index (χ1n) is 10.4. The number of ether oxygens (including phenoxy) is 2. The Labute approximate surface area is 187 Å². The molecule has 0 aromatic heterocycles. The smallest absolute Gasteiger partial charge is 0.323 e. The van der Waals surface area contributed by atoms with Gasteiger partial charge in [-0.1, -0.05) is 12.1 Å². The van der Waals surface area contributed by atoms with E-state index in [0.717, 1.165) is 22.8 Å². The minimum absolute atomic E-state index is 0.224. The standard InChI is InChI=1S/C25H26N4O3/c1-16(2)29(3)24-20-15-18(27-25(30)26-17-9-12-19(31-4)13-10-17)11-14-22(20)32-23-8-6-5-7-21(23)28-24/h5-16H,1-4H3,(H2,26,27,30). The molecule has 0 aliphatic carbocycles. The molecule has 0 saturated heterocycles. The Hall–Kier alpha value is -4.00. The number of amides is 2. The zero-order valence-electron chi connectivity index (χ0n) is 18.5. The Kier molecular flexibility index (Phi) is 5.98. The second-order valence-electron chi connectivity index (χ2n) is 7.73. The van der Waals surface area contributed by atoms with Crippen LogP contribution in [0.15, 0.2) is 71.7 Å². The highest BCUT2D eigenvalue weighted by atomic mass is 16.5. The zero-order chi connectivity index (χ0) is 22.7. The van der Waals surface area contributed by atoms with Crippen molar-refractivity contribution in [2.45, 2.75) is 19.9 Å². The third-order valence-electron chi connectivity index (χ3n) is 5.25. The first-order chi connectivity index (χ1) is 15.4. The Balaban J connectivity index is 1.62. The molecule has 0 atom stereocenters. The van der Waals surface area contributed by atoms with E-state index in [1.807, 2.05) is 49.5 Å². The van der Waals surface area contributed by atoms with Crippen molar-refractivity contribution in [1.82, 2.24) is 4.90 Å². The number of urea groups is 1. The van der Waals surface area contributed by atoms with E-state index in [2.05, 4.69) is 29.4 Å². The number of hydrogen-bond acceptors (Lipinski definition) is 5. The molecule has 1 aliphatic heterocycles. The van der Waals surface area contributed by atoms with Crippen LogP contribution in [0.5, 0.6) is 17.2 Å². The number of para-hydroxylation sites is 2. The highest BCUT2D eigenvalue weighted by molar-refractivity contribution is 6.06. The molecule has 0 radical (unpaired) electrons. The Morgan fingerprint density at radius 3 is 2.38 bits per heavy atom. The van der Waals surface area contributed by atoms with E-state index < -0.39 is 0 Å². The maximum Gasteiger partial charge on any atom is 0.323 e. The predicted octanol–water partition coefficient (Wildman–Crippen LogP) is 5.86. The second-order valence-corrected chi connectivity index (χ2v) is 7.73. The summed E-state index contributed by atoms with van der Waals surface area (Å²) in [4.78, 5) is 19.5. The number of methoxy groups -OCH3 is 1. The topological polar surface area (TPSA) is 75.2 Å². The van der Waals surface area contributed by atoms with Crippen LogP contribution in [0.25, 0.3) is 0 Å². The summed E-state index contributed by atoms with van der Waals surface area (Å²) in [6, 6.07) is 20.2. The van der Waals surface area contributed by atoms with Crippen molar-refractivity contribution >= 4 is 28.9 Å². The fraction of sp³-hybridized carbons (Fsp3) is 0.200. The summed E-state index contributed by atoms with van der Waals surface area (Å²) in [5.74, 6) is 2.88. The van der Waals surface area contributed by atoms with Crippen molar-refractivity contribution in [2.75, 3.05) is 24.8 Å². The summed E-state index contributed by atoms with van der Waals surface area (Å²) in [7, 11) is 3.60. The number of benzene rings is 3. The quantitative estimate of drug-likeness (QED) is 0.543. The van der Waals surface area contributed by atoms with Crippen LogP contribution < -0.4 is 20.1 Å². The van der Waals surface area contributed by atoms with Gasteiger partial charge in [0.2, 0.25) is 0 Å². The van der Waals surface area contributed by atoms with E-state index in [0.29, 0.717) is 22.9 Å². The van der Waals surface area contributed by atoms with E-state index >= 15 is 0 Å². The minimum Gasteiger partial charge on any atom is -0.497 e. The van der Waals surface area contributed by atoms with Gasteiger partial charge >= 0.3 is 6.03 Å². The van der Waals surface area contributed by atoms with Gasteiger partial charge in [0.05, 0.1) is 12.7 Å². The number of nitrogens with zero attached hydrogens (tertiary/aromatic N) is 2. The van der Waals surface area contributed by atoms with E-state index in [-0.39, 0.29) is 12.1 Å². The summed E-state index contributed by atoms with van der Waals surface area (Å²) in [5.41, 5.74) is 2.87. The van der Waals surface area contributed by atoms with Gasteiger partial charge in [-0.2, -0.15) is 0 Å². The molecule has 1 heterocycles. The van der Waals surface area contributed by atoms with Crippen molar-refractivity contribution in [3.63, 3.8) is 0 Å². The molecular weight excluding hydrogens is 404 g/mol. The number of aliphatic imine (C=N–C) groups is 1. The summed E-state index contributed by atoms with van der Waals surface area (Å²) in [6.45, 7) is 4.20. The SMILES string of the molecule is COc1ccc(NC(=O)Nc2ccc3c(c2)C(N(C)C(C)C)=Nc2ccccc2O3)cc1. The summed E-state index contributed by atoms with van der Waals surface area (Å²) in [5, 5.41) is 5.71. The lowest BCUT2D eigenvalue weighted by molar-refractivity contribution is 0.262. The van der Waals surface area contributed by atoms with Gasteiger partial charge < -0.3 is 25.0 Å². The molecule has 3 aromatic carbocycles. The molecule has 0 saturated carbocycles. The van der Waals surface area contributed by atoms with Gasteiger partial charge in [0.1, 0.15) is 23.0 Å². The monoisotopic (exact) mass is 430 g/mol. The third kappa shape index (κ3) is 4.51. The number of hydrogen-bond donors (Lipinski definition) is 2. The molecule has 32 heavy (non-hydrogen) atoms. The minimum atomic E-state index is -0.344. The lowest BCUT2D eigenvalue weighted by atomic mass is 10.1. The highest BCUT2D eigenvalue weighted by Gasteiger charge is 2.23. The molecular formula is C25H26N4O3. The fourth-order valence-electron chi connectivity index (χ4n) is 3.28. The molecule has 7 heteroatoms. The van der Waals surface area contributed by atoms with E-state index in [9.17, 15) is 4.79 Å². The van der Waals surface area contributed by atoms with Crippen LogP contribution in [0.2, 0.25) is 0 Å². The molecule has 7 nitrogen and oxygen atoms in total. The van der Waals surface area contributed by atoms with Gasteiger partial charge in [0, 0.05) is 24.5 Å². The van der Waals surface area contributed by atoms with Crippen molar-refractivity contribution in [3.8, 4) is 17.2 Å². The largest absolute Gasteiger partial charge is 0.497 e. The van der Waals surface area contributed by atoms with Gasteiger partial charge in [-0.3, -0.25) is 0 Å². The number of anilines is 2. The first-order valence-corrected chi connectivity index (χ1v) is 10.4. The molecule has 4 rings (SSSR count). The summed E-state index contributed by atoms with van der Waals surface area (Å²) < 4.78 is 11.3. The van der Waals surface area contributed by atoms with Gasteiger partial charge in [0.25, 0.3) is 0 Å². The van der Waals surface area contributed by atoms with Crippen LogP contribution in [0.1, 0.15) is 19.4 Å². The van der Waals surface area contributed by atoms with Crippen LogP contribution in [-0.4, -0.2) is 37.0 Å². The van der Waals surface area contributed by atoms with Crippen molar-refractivity contribution in [1.29, 1.82) is 0 Å². The van der Waals surface area contributed by atoms with Crippen LogP contribution in [0.3, 0.4) is 0 Å². The highest BCUT2D eigenvalue weighted by Crippen LogP contribution is 2.39. The van der Waals surface area contributed by atoms with Crippen LogP contribution >= 0.6 is 0 Å². The molecule has 164 valence electrons. The average molecular weight is 431 g/mol. The van der Waals surface area contributed by atoms with E-state index in [4.69, 9.17) is 14.5 Å². The number of nitrogens with one attached hydrogen (secondary N) is 2. The summed E-state index contributed by atoms with van der Waals surface area (Å²) in [6.07, 6.45) is 0. The molecule has 2 N–H and O–H groups in total. The van der Waals surface area contributed by atoms with Gasteiger partial charge in [0.15, 0.2) is 5.75 Å². The van der Waals surface area contributed by atoms with Crippen LogP contribution in [0, 0.1) is 0 Å². The Morgan fingerprint density at radius 2 is 1.66 bits per heavy atom. The van der Waals surface area contributed by atoms with Gasteiger partial charge in [-0.05, 0) is 68.4 Å². The van der Waals surface area contributed by atoms with Crippen LogP contribution in [0.4, 0.5) is 21.9 Å². The van der Waals surface area contributed by atoms with E-state index in [1.165, 1.54) is 0 Å². The zero-order valence-corrected chi connectivity index (χ0v) is 18.5. The first kappa shape index (κ1) is 21.2. The van der Waals surface area contributed by atoms with Crippen molar-refractivity contribution in [2.24, 2.45) is 4.99 Å². The average Bonchev–Trinajstić information content (AvgIpc) is 2.95. The number of amidine groups is 1. The Bertz CT molecular complexity index is 1160. The van der Waals surface area contributed by atoms with Crippen molar-refractivity contribution in [3.05, 3.63) is 72.3 Å². The molecule has 2 amide bonds. The van der Waals surface area contributed by atoms with Crippen molar-refractivity contribution < 1.29 is 14.3 Å². The number of fused-ring (bicyclic) bond motifs is 2. The lowest BCUT2D eigenvalue weighted by Gasteiger charge is -2.26. The third-order valence-corrected chi connectivity index (χ3v) is 5.25. The Morgan fingerprint density at radius 1 is 0.969 bits per heavy atom. The van der Waals surface area contributed by atoms with E-state index in [1.54, 1.807) is 31.4 Å². The molecule has 1 aliphatic rings. The molecule has 0 spiro atoms. The predicted molar refractivity (Wildman–Crippen MR) is 128 cm³/mol. The van der Waals surface area contributed by atoms with Gasteiger partial charge in [-0.25, -0.2) is 9.79 Å². The second kappa shape index (κ2) is 9.01. The molecule has 0 fully saturated rings.